The third-order valence-corrected chi connectivity index (χ3v) is 5.21. The summed E-state index contributed by atoms with van der Waals surface area (Å²) in [4.78, 5) is 12.8. The maximum atomic E-state index is 12.8. The second-order valence-electron chi connectivity index (χ2n) is 7.23. The number of ether oxygens (including phenoxy) is 2. The number of carbonyl (C=O) groups excluding carboxylic acids is 1. The van der Waals surface area contributed by atoms with Crippen LogP contribution >= 0.6 is 0 Å². The number of hydrogen-bond acceptors (Lipinski definition) is 6. The Balaban J connectivity index is 1.45. The molecule has 0 radical (unpaired) electrons. The highest BCUT2D eigenvalue weighted by atomic mass is 16.5. The van der Waals surface area contributed by atoms with E-state index in [1.165, 1.54) is 0 Å². The largest absolute Gasteiger partial charge is 0.381 e. The Morgan fingerprint density at radius 2 is 2.19 bits per heavy atom. The third-order valence-electron chi connectivity index (χ3n) is 5.21. The highest BCUT2D eigenvalue weighted by Crippen LogP contribution is 2.32. The van der Waals surface area contributed by atoms with Crippen molar-refractivity contribution in [2.24, 2.45) is 5.92 Å². The Morgan fingerprint density at radius 3 is 2.89 bits per heavy atom. The molecule has 2 aromatic heterocycles. The molecule has 0 bridgehead atoms. The summed E-state index contributed by atoms with van der Waals surface area (Å²) < 4.78 is 18.2. The number of amides is 2. The molecule has 146 valence electrons. The molecule has 2 aromatic rings. The van der Waals surface area contributed by atoms with E-state index in [9.17, 15) is 4.79 Å². The van der Waals surface area contributed by atoms with Crippen molar-refractivity contribution in [3.8, 4) is 0 Å². The molecule has 2 aliphatic heterocycles. The molecule has 9 nitrogen and oxygen atoms in total. The SMILES string of the molecule is Cc1cc(C2(NC(=O)Nc3ccnn3CC3CCOC3)CCOCC2)on1. The Hall–Kier alpha value is -2.39. The van der Waals surface area contributed by atoms with Crippen LogP contribution in [0.4, 0.5) is 10.6 Å². The quantitative estimate of drug-likeness (QED) is 0.829. The van der Waals surface area contributed by atoms with Crippen LogP contribution in [0.25, 0.3) is 0 Å². The molecule has 0 aliphatic carbocycles. The van der Waals surface area contributed by atoms with Crippen LogP contribution in [0.3, 0.4) is 0 Å². The van der Waals surface area contributed by atoms with Crippen molar-refractivity contribution < 1.29 is 18.8 Å². The number of nitrogens with one attached hydrogen (secondary N) is 2. The maximum absolute atomic E-state index is 12.8. The number of urea groups is 1. The molecule has 27 heavy (non-hydrogen) atoms. The smallest absolute Gasteiger partial charge is 0.321 e. The summed E-state index contributed by atoms with van der Waals surface area (Å²) in [6.07, 6.45) is 3.97. The minimum atomic E-state index is -0.617. The number of rotatable bonds is 5. The average molecular weight is 375 g/mol. The average Bonchev–Trinajstić information content (AvgIpc) is 3.40. The fourth-order valence-corrected chi connectivity index (χ4v) is 3.66. The van der Waals surface area contributed by atoms with Gasteiger partial charge in [-0.15, -0.1) is 0 Å². The van der Waals surface area contributed by atoms with Crippen LogP contribution in [-0.4, -0.2) is 47.4 Å². The highest BCUT2D eigenvalue weighted by molar-refractivity contribution is 5.88. The van der Waals surface area contributed by atoms with Crippen LogP contribution in [0.15, 0.2) is 22.9 Å². The van der Waals surface area contributed by atoms with Gasteiger partial charge in [0.2, 0.25) is 0 Å². The summed E-state index contributed by atoms with van der Waals surface area (Å²) >= 11 is 0. The molecule has 9 heteroatoms. The summed E-state index contributed by atoms with van der Waals surface area (Å²) in [6.45, 7) is 5.23. The zero-order valence-electron chi connectivity index (χ0n) is 15.4. The minimum absolute atomic E-state index is 0.296. The van der Waals surface area contributed by atoms with Crippen LogP contribution in [0, 0.1) is 12.8 Å². The molecule has 2 N–H and O–H groups in total. The van der Waals surface area contributed by atoms with Gasteiger partial charge in [0.1, 0.15) is 11.4 Å². The molecule has 0 spiro atoms. The molecule has 2 saturated heterocycles. The number of aryl methyl sites for hydroxylation is 1. The van der Waals surface area contributed by atoms with E-state index in [0.29, 0.717) is 43.6 Å². The lowest BCUT2D eigenvalue weighted by atomic mass is 9.87. The molecular formula is C18H25N5O4. The number of hydrogen-bond donors (Lipinski definition) is 2. The van der Waals surface area contributed by atoms with Crippen molar-refractivity contribution in [3.05, 3.63) is 29.8 Å². The van der Waals surface area contributed by atoms with E-state index in [1.54, 1.807) is 12.3 Å². The minimum Gasteiger partial charge on any atom is -0.381 e. The zero-order chi connectivity index (χ0) is 18.7. The summed E-state index contributed by atoms with van der Waals surface area (Å²) in [5, 5.41) is 14.3. The summed E-state index contributed by atoms with van der Waals surface area (Å²) in [7, 11) is 0. The van der Waals surface area contributed by atoms with Gasteiger partial charge >= 0.3 is 6.03 Å². The normalized spacial score (nSPS) is 21.9. The Kier molecular flexibility index (Phi) is 5.13. The first kappa shape index (κ1) is 18.0. The van der Waals surface area contributed by atoms with Crippen molar-refractivity contribution in [1.29, 1.82) is 0 Å². The van der Waals surface area contributed by atoms with Crippen LogP contribution in [0.1, 0.15) is 30.7 Å². The Labute approximate surface area is 157 Å². The topological polar surface area (TPSA) is 103 Å². The van der Waals surface area contributed by atoms with Gasteiger partial charge in [-0.2, -0.15) is 5.10 Å². The number of nitrogens with zero attached hydrogens (tertiary/aromatic N) is 3. The first-order chi connectivity index (χ1) is 13.1. The lowest BCUT2D eigenvalue weighted by molar-refractivity contribution is 0.0307. The van der Waals surface area contributed by atoms with Gasteiger partial charge in [0.25, 0.3) is 0 Å². The van der Waals surface area contributed by atoms with Crippen LogP contribution in [-0.2, 0) is 21.6 Å². The first-order valence-corrected chi connectivity index (χ1v) is 9.35. The van der Waals surface area contributed by atoms with Crippen molar-refractivity contribution >= 4 is 11.8 Å². The molecule has 0 aromatic carbocycles. The van der Waals surface area contributed by atoms with Crippen molar-refractivity contribution in [1.82, 2.24) is 20.3 Å². The third kappa shape index (κ3) is 3.98. The fraction of sp³-hybridized carbons (Fsp3) is 0.611. The predicted molar refractivity (Wildman–Crippen MR) is 96.3 cm³/mol. The molecule has 2 fully saturated rings. The highest BCUT2D eigenvalue weighted by Gasteiger charge is 2.39. The van der Waals surface area contributed by atoms with Crippen LogP contribution < -0.4 is 10.6 Å². The van der Waals surface area contributed by atoms with Crippen molar-refractivity contribution in [3.63, 3.8) is 0 Å². The summed E-state index contributed by atoms with van der Waals surface area (Å²) in [5.41, 5.74) is 0.170. The monoisotopic (exact) mass is 375 g/mol. The van der Waals surface area contributed by atoms with Gasteiger partial charge in [-0.3, -0.25) is 5.32 Å². The molecule has 1 unspecified atom stereocenters. The molecule has 1 atom stereocenters. The van der Waals surface area contributed by atoms with E-state index < -0.39 is 5.54 Å². The Morgan fingerprint density at radius 1 is 1.33 bits per heavy atom. The summed E-state index contributed by atoms with van der Waals surface area (Å²) in [5.74, 6) is 1.75. The van der Waals surface area contributed by atoms with Crippen LogP contribution in [0.2, 0.25) is 0 Å². The van der Waals surface area contributed by atoms with Crippen LogP contribution in [0.5, 0.6) is 0 Å². The van der Waals surface area contributed by atoms with E-state index in [-0.39, 0.29) is 6.03 Å². The van der Waals surface area contributed by atoms with Gasteiger partial charge < -0.3 is 19.3 Å². The lowest BCUT2D eigenvalue weighted by Crippen LogP contribution is -2.50. The van der Waals surface area contributed by atoms with E-state index >= 15 is 0 Å². The van der Waals surface area contributed by atoms with Crippen molar-refractivity contribution in [2.45, 2.75) is 38.3 Å². The zero-order valence-corrected chi connectivity index (χ0v) is 15.4. The van der Waals surface area contributed by atoms with Gasteiger partial charge in [-0.05, 0) is 13.3 Å². The Bertz CT molecular complexity index is 774. The van der Waals surface area contributed by atoms with Gasteiger partial charge in [0.15, 0.2) is 5.76 Å². The van der Waals surface area contributed by atoms with E-state index in [1.807, 2.05) is 17.7 Å². The van der Waals surface area contributed by atoms with Gasteiger partial charge in [0, 0.05) is 57.3 Å². The predicted octanol–water partition coefficient (Wildman–Crippen LogP) is 2.04. The number of anilines is 1. The second-order valence-corrected chi connectivity index (χ2v) is 7.23. The van der Waals surface area contributed by atoms with E-state index in [2.05, 4.69) is 20.9 Å². The molecule has 2 aliphatic rings. The molecule has 4 rings (SSSR count). The molecule has 4 heterocycles. The number of carbonyl (C=O) groups is 1. The summed E-state index contributed by atoms with van der Waals surface area (Å²) in [6, 6.07) is 3.37. The molecule has 2 amide bonds. The second kappa shape index (κ2) is 7.69. The van der Waals surface area contributed by atoms with Gasteiger partial charge in [-0.1, -0.05) is 5.16 Å². The fourth-order valence-electron chi connectivity index (χ4n) is 3.66. The lowest BCUT2D eigenvalue weighted by Gasteiger charge is -2.35. The maximum Gasteiger partial charge on any atom is 0.321 e. The van der Waals surface area contributed by atoms with E-state index in [4.69, 9.17) is 14.0 Å². The molecule has 0 saturated carbocycles. The van der Waals surface area contributed by atoms with Gasteiger partial charge in [0.05, 0.1) is 18.5 Å². The molecular weight excluding hydrogens is 350 g/mol. The first-order valence-electron chi connectivity index (χ1n) is 9.35. The standard InChI is InChI=1S/C18H25N5O4/c1-13-10-15(27-22-13)18(4-8-25-9-5-18)21-17(24)20-16-2-6-19-23(16)11-14-3-7-26-12-14/h2,6,10,14H,3-5,7-9,11-12H2,1H3,(H2,20,21,24). The van der Waals surface area contributed by atoms with Crippen molar-refractivity contribution in [2.75, 3.05) is 31.7 Å². The van der Waals surface area contributed by atoms with Gasteiger partial charge in [-0.25, -0.2) is 9.48 Å². The van der Waals surface area contributed by atoms with E-state index in [0.717, 1.165) is 31.9 Å². The number of aromatic nitrogens is 3.